The molecule has 2 aliphatic heterocycles. The van der Waals surface area contributed by atoms with Crippen molar-refractivity contribution in [1.29, 1.82) is 0 Å². The maximum atomic E-state index is 11.5. The van der Waals surface area contributed by atoms with Crippen molar-refractivity contribution in [2.75, 3.05) is 38.8 Å². The van der Waals surface area contributed by atoms with Gasteiger partial charge in [0.2, 0.25) is 11.9 Å². The summed E-state index contributed by atoms with van der Waals surface area (Å²) in [4.78, 5) is 24.0. The molecule has 3 rings (SSSR count). The van der Waals surface area contributed by atoms with Crippen molar-refractivity contribution < 1.29 is 14.3 Å². The van der Waals surface area contributed by atoms with E-state index in [0.717, 1.165) is 31.8 Å². The van der Waals surface area contributed by atoms with E-state index in [4.69, 9.17) is 9.47 Å². The Kier molecular flexibility index (Phi) is 5.07. The van der Waals surface area contributed by atoms with Crippen molar-refractivity contribution in [1.82, 2.24) is 14.9 Å². The number of ether oxygens (including phenoxy) is 2. The van der Waals surface area contributed by atoms with Crippen molar-refractivity contribution in [2.24, 2.45) is 0 Å². The summed E-state index contributed by atoms with van der Waals surface area (Å²) >= 11 is 0. The van der Waals surface area contributed by atoms with Gasteiger partial charge in [-0.1, -0.05) is 0 Å². The van der Waals surface area contributed by atoms with E-state index in [2.05, 4.69) is 14.9 Å². The van der Waals surface area contributed by atoms with Crippen LogP contribution in [0.15, 0.2) is 18.5 Å². The predicted molar refractivity (Wildman–Crippen MR) is 85.2 cm³/mol. The van der Waals surface area contributed by atoms with E-state index in [1.807, 2.05) is 6.07 Å². The monoisotopic (exact) mass is 320 g/mol. The fraction of sp³-hybridized carbons (Fsp3) is 0.688. The van der Waals surface area contributed by atoms with Crippen LogP contribution in [0.5, 0.6) is 0 Å². The highest BCUT2D eigenvalue weighted by Gasteiger charge is 2.40. The van der Waals surface area contributed by atoms with Gasteiger partial charge in [-0.05, 0) is 25.3 Å². The molecule has 2 aliphatic rings. The van der Waals surface area contributed by atoms with Crippen LogP contribution in [0.3, 0.4) is 0 Å². The van der Waals surface area contributed by atoms with E-state index < -0.39 is 0 Å². The van der Waals surface area contributed by atoms with Gasteiger partial charge in [0, 0.05) is 33.0 Å². The molecule has 126 valence electrons. The smallest absolute Gasteiger partial charge is 0.248 e. The van der Waals surface area contributed by atoms with Crippen LogP contribution in [0.1, 0.15) is 19.3 Å². The van der Waals surface area contributed by atoms with Crippen LogP contribution >= 0.6 is 0 Å². The molecule has 0 radical (unpaired) electrons. The molecule has 2 fully saturated rings. The molecule has 0 aliphatic carbocycles. The first-order chi connectivity index (χ1) is 11.1. The van der Waals surface area contributed by atoms with E-state index in [1.165, 1.54) is 4.90 Å². The van der Waals surface area contributed by atoms with Crippen LogP contribution in [0.4, 0.5) is 5.95 Å². The number of likely N-dealkylation sites (N-methyl/N-ethyl adjacent to an activating group) is 1. The lowest BCUT2D eigenvalue weighted by Gasteiger charge is -2.35. The van der Waals surface area contributed by atoms with Crippen LogP contribution in [-0.2, 0) is 14.3 Å². The number of amides is 1. The van der Waals surface area contributed by atoms with Crippen LogP contribution in [0.2, 0.25) is 0 Å². The lowest BCUT2D eigenvalue weighted by molar-refractivity contribution is -0.137. The molecule has 0 N–H and O–H groups in total. The van der Waals surface area contributed by atoms with Gasteiger partial charge in [0.05, 0.1) is 24.9 Å². The van der Waals surface area contributed by atoms with Crippen molar-refractivity contribution in [3.05, 3.63) is 18.5 Å². The number of hydrogen-bond acceptors (Lipinski definition) is 6. The Morgan fingerprint density at radius 2 is 2.13 bits per heavy atom. The van der Waals surface area contributed by atoms with Gasteiger partial charge in [-0.2, -0.15) is 0 Å². The summed E-state index contributed by atoms with van der Waals surface area (Å²) in [5.41, 5.74) is 0. The number of hydrogen-bond donors (Lipinski definition) is 0. The van der Waals surface area contributed by atoms with Gasteiger partial charge in [0.1, 0.15) is 6.61 Å². The second kappa shape index (κ2) is 7.23. The molecule has 1 amide bonds. The van der Waals surface area contributed by atoms with Crippen LogP contribution in [0.25, 0.3) is 0 Å². The molecule has 0 aromatic carbocycles. The van der Waals surface area contributed by atoms with Crippen LogP contribution < -0.4 is 4.90 Å². The number of nitrogens with zero attached hydrogens (tertiary/aromatic N) is 4. The second-order valence-electron chi connectivity index (χ2n) is 6.28. The van der Waals surface area contributed by atoms with Gasteiger partial charge in [0.25, 0.3) is 0 Å². The summed E-state index contributed by atoms with van der Waals surface area (Å²) in [5.74, 6) is 0.766. The summed E-state index contributed by atoms with van der Waals surface area (Å²) < 4.78 is 11.7. The summed E-state index contributed by atoms with van der Waals surface area (Å²) in [7, 11) is 3.46. The van der Waals surface area contributed by atoms with Gasteiger partial charge in [0.15, 0.2) is 0 Å². The quantitative estimate of drug-likeness (QED) is 0.796. The molecule has 0 saturated carbocycles. The third-order valence-electron chi connectivity index (χ3n) is 4.47. The average Bonchev–Trinajstić information content (AvgIpc) is 2.98. The minimum absolute atomic E-state index is 0.0213. The first-order valence-electron chi connectivity index (χ1n) is 8.12. The average molecular weight is 320 g/mol. The topological polar surface area (TPSA) is 67.8 Å². The summed E-state index contributed by atoms with van der Waals surface area (Å²) in [5, 5.41) is 0. The van der Waals surface area contributed by atoms with Gasteiger partial charge in [-0.15, -0.1) is 0 Å². The second-order valence-corrected chi connectivity index (χ2v) is 6.28. The Labute approximate surface area is 136 Å². The van der Waals surface area contributed by atoms with Crippen molar-refractivity contribution >= 4 is 11.9 Å². The largest absolute Gasteiger partial charge is 0.370 e. The highest BCUT2D eigenvalue weighted by atomic mass is 16.5. The highest BCUT2D eigenvalue weighted by Crippen LogP contribution is 2.33. The molecule has 7 heteroatoms. The molecule has 0 spiro atoms. The third-order valence-corrected chi connectivity index (χ3v) is 4.47. The van der Waals surface area contributed by atoms with Gasteiger partial charge in [-0.25, -0.2) is 9.97 Å². The summed E-state index contributed by atoms with van der Waals surface area (Å²) in [6.45, 7) is 1.52. The Morgan fingerprint density at radius 3 is 2.87 bits per heavy atom. The first-order valence-corrected chi connectivity index (χ1v) is 8.12. The van der Waals surface area contributed by atoms with Crippen molar-refractivity contribution in [3.8, 4) is 0 Å². The molecule has 0 bridgehead atoms. The van der Waals surface area contributed by atoms with E-state index >= 15 is 0 Å². The number of carbonyl (C=O) groups is 1. The maximum Gasteiger partial charge on any atom is 0.248 e. The zero-order chi connectivity index (χ0) is 16.2. The molecule has 7 nitrogen and oxygen atoms in total. The summed E-state index contributed by atoms with van der Waals surface area (Å²) in [6, 6.07) is 2.17. The molecule has 1 aromatic rings. The van der Waals surface area contributed by atoms with E-state index in [0.29, 0.717) is 12.6 Å². The molecule has 2 saturated heterocycles. The molecule has 3 atom stereocenters. The minimum atomic E-state index is -0.0213. The SMILES string of the molecule is CN(C)C(=O)COC[C@@H]1CC[C@H]2[C@H](CCN2c2ncccn2)O1. The van der Waals surface area contributed by atoms with E-state index in [-0.39, 0.29) is 24.7 Å². The molecule has 0 unspecified atom stereocenters. The summed E-state index contributed by atoms with van der Waals surface area (Å²) in [6.07, 6.45) is 6.78. The van der Waals surface area contributed by atoms with Gasteiger partial charge >= 0.3 is 0 Å². The first kappa shape index (κ1) is 16.1. The fourth-order valence-electron chi connectivity index (χ4n) is 3.21. The molecule has 23 heavy (non-hydrogen) atoms. The Hall–Kier alpha value is -1.73. The Balaban J connectivity index is 1.48. The Bertz CT molecular complexity index is 525. The molecule has 1 aromatic heterocycles. The highest BCUT2D eigenvalue weighted by molar-refractivity contribution is 5.76. The van der Waals surface area contributed by atoms with Crippen molar-refractivity contribution in [2.45, 2.75) is 37.5 Å². The number of aromatic nitrogens is 2. The van der Waals surface area contributed by atoms with Crippen molar-refractivity contribution in [3.63, 3.8) is 0 Å². The zero-order valence-corrected chi connectivity index (χ0v) is 13.7. The maximum absolute atomic E-state index is 11.5. The Morgan fingerprint density at radius 1 is 1.35 bits per heavy atom. The van der Waals surface area contributed by atoms with E-state index in [1.54, 1.807) is 26.5 Å². The van der Waals surface area contributed by atoms with Crippen LogP contribution in [0, 0.1) is 0 Å². The van der Waals surface area contributed by atoms with E-state index in [9.17, 15) is 4.79 Å². The van der Waals surface area contributed by atoms with Gasteiger partial charge < -0.3 is 19.3 Å². The third kappa shape index (κ3) is 3.79. The number of fused-ring (bicyclic) bond motifs is 1. The zero-order valence-electron chi connectivity index (χ0n) is 13.7. The van der Waals surface area contributed by atoms with Crippen LogP contribution in [-0.4, -0.2) is 72.9 Å². The normalized spacial score (nSPS) is 26.9. The standard InChI is InChI=1S/C16H24N4O3/c1-19(2)15(21)11-22-10-12-4-5-13-14(23-12)6-9-20(13)16-17-7-3-8-18-16/h3,7-8,12-14H,4-6,9-11H2,1-2H3/t12-,13-,14-/m0/s1. The lowest BCUT2D eigenvalue weighted by Crippen LogP contribution is -2.44. The fourth-order valence-corrected chi connectivity index (χ4v) is 3.21. The molecular weight excluding hydrogens is 296 g/mol. The van der Waals surface area contributed by atoms with Gasteiger partial charge in [-0.3, -0.25) is 4.79 Å². The molecule has 3 heterocycles. The minimum Gasteiger partial charge on any atom is -0.370 e. The number of anilines is 1. The number of carbonyl (C=O) groups excluding carboxylic acids is 1. The number of rotatable bonds is 5. The molecular formula is C16H24N4O3. The lowest BCUT2D eigenvalue weighted by atomic mass is 9.99. The predicted octanol–water partition coefficient (Wildman–Crippen LogP) is 0.708.